The Bertz CT molecular complexity index is 264. The van der Waals surface area contributed by atoms with Crippen molar-refractivity contribution >= 4 is 18.4 Å². The molecular weight excluding hydrogens is 200 g/mol. The first-order valence-electron chi connectivity index (χ1n) is 4.36. The van der Waals surface area contributed by atoms with Crippen LogP contribution in [0, 0.1) is 0 Å². The molecule has 0 aromatic heterocycles. The van der Waals surface area contributed by atoms with Crippen molar-refractivity contribution in [3.8, 4) is 0 Å². The number of carbonyl (C=O) groups is 1. The predicted octanol–water partition coefficient (Wildman–Crippen LogP) is 1.71. The van der Waals surface area contributed by atoms with Gasteiger partial charge in [-0.15, -0.1) is 12.4 Å². The molecule has 0 unspecified atom stereocenters. The highest BCUT2D eigenvalue weighted by molar-refractivity contribution is 5.85. The fraction of sp³-hybridized carbons (Fsp3) is 0.300. The van der Waals surface area contributed by atoms with Crippen LogP contribution in [0.25, 0.3) is 0 Å². The Kier molecular flexibility index (Phi) is 6.58. The van der Waals surface area contributed by atoms with E-state index in [1.807, 2.05) is 18.2 Å². The topological polar surface area (TPSA) is 55.1 Å². The van der Waals surface area contributed by atoms with Crippen LogP contribution in [0.4, 0.5) is 4.79 Å². The van der Waals surface area contributed by atoms with Crippen molar-refractivity contribution in [2.24, 2.45) is 5.73 Å². The van der Waals surface area contributed by atoms with Crippen molar-refractivity contribution in [1.82, 2.24) is 5.32 Å². The zero-order valence-corrected chi connectivity index (χ0v) is 8.72. The zero-order valence-electron chi connectivity index (χ0n) is 7.90. The number of hydrogen-bond acceptors (Lipinski definition) is 1. The number of halogens is 1. The maximum absolute atomic E-state index is 10.3. The minimum atomic E-state index is -0.451. The molecule has 3 N–H and O–H groups in total. The molecule has 2 amide bonds. The molecule has 0 radical (unpaired) electrons. The molecule has 0 aliphatic heterocycles. The number of amides is 2. The van der Waals surface area contributed by atoms with Gasteiger partial charge >= 0.3 is 6.03 Å². The average molecular weight is 215 g/mol. The fourth-order valence-corrected chi connectivity index (χ4v) is 1.15. The van der Waals surface area contributed by atoms with Crippen molar-refractivity contribution < 1.29 is 4.79 Å². The summed E-state index contributed by atoms with van der Waals surface area (Å²) < 4.78 is 0. The smallest absolute Gasteiger partial charge is 0.312 e. The molecule has 0 aliphatic carbocycles. The van der Waals surface area contributed by atoms with Gasteiger partial charge in [0.15, 0.2) is 0 Å². The summed E-state index contributed by atoms with van der Waals surface area (Å²) in [4.78, 5) is 10.3. The largest absolute Gasteiger partial charge is 0.352 e. The molecule has 1 aromatic rings. The third-order valence-electron chi connectivity index (χ3n) is 1.78. The molecular formula is C10H15ClN2O. The van der Waals surface area contributed by atoms with Gasteiger partial charge in [0.2, 0.25) is 0 Å². The summed E-state index contributed by atoms with van der Waals surface area (Å²) in [6, 6.07) is 9.71. The summed E-state index contributed by atoms with van der Waals surface area (Å²) in [6.07, 6.45) is 1.90. The fourth-order valence-electron chi connectivity index (χ4n) is 1.15. The van der Waals surface area contributed by atoms with E-state index in [1.54, 1.807) is 0 Å². The lowest BCUT2D eigenvalue weighted by Crippen LogP contribution is -2.30. The first kappa shape index (κ1) is 12.8. The van der Waals surface area contributed by atoms with Crippen LogP contribution in [0.3, 0.4) is 0 Å². The number of benzene rings is 1. The summed E-state index contributed by atoms with van der Waals surface area (Å²) in [5, 5.41) is 2.55. The number of nitrogens with two attached hydrogens (primary N) is 1. The Morgan fingerprint density at radius 2 is 1.93 bits per heavy atom. The van der Waals surface area contributed by atoms with Gasteiger partial charge in [-0.25, -0.2) is 4.79 Å². The Morgan fingerprint density at radius 3 is 2.50 bits per heavy atom. The second kappa shape index (κ2) is 7.21. The summed E-state index contributed by atoms with van der Waals surface area (Å²) in [6.45, 7) is 0.643. The Balaban J connectivity index is 0.00000169. The number of nitrogens with one attached hydrogen (secondary N) is 1. The number of primary amides is 1. The van der Waals surface area contributed by atoms with E-state index in [2.05, 4.69) is 17.4 Å². The maximum atomic E-state index is 10.3. The molecule has 0 heterocycles. The van der Waals surface area contributed by atoms with E-state index < -0.39 is 6.03 Å². The first-order valence-corrected chi connectivity index (χ1v) is 4.36. The molecule has 0 saturated heterocycles. The van der Waals surface area contributed by atoms with E-state index in [4.69, 9.17) is 5.73 Å². The summed E-state index contributed by atoms with van der Waals surface area (Å²) in [5.74, 6) is 0. The molecule has 1 rings (SSSR count). The number of carbonyl (C=O) groups excluding carboxylic acids is 1. The Labute approximate surface area is 90.1 Å². The third-order valence-corrected chi connectivity index (χ3v) is 1.78. The second-order valence-corrected chi connectivity index (χ2v) is 2.88. The highest BCUT2D eigenvalue weighted by Gasteiger charge is 1.93. The molecule has 0 spiro atoms. The minimum Gasteiger partial charge on any atom is -0.352 e. The van der Waals surface area contributed by atoms with E-state index in [0.29, 0.717) is 6.54 Å². The van der Waals surface area contributed by atoms with Gasteiger partial charge < -0.3 is 11.1 Å². The van der Waals surface area contributed by atoms with E-state index in [-0.39, 0.29) is 12.4 Å². The number of hydrogen-bond donors (Lipinski definition) is 2. The van der Waals surface area contributed by atoms with Crippen molar-refractivity contribution in [3.05, 3.63) is 35.9 Å². The predicted molar refractivity (Wildman–Crippen MR) is 59.6 cm³/mol. The van der Waals surface area contributed by atoms with E-state index in [0.717, 1.165) is 12.8 Å². The van der Waals surface area contributed by atoms with Gasteiger partial charge in [-0.3, -0.25) is 0 Å². The molecule has 0 saturated carbocycles. The highest BCUT2D eigenvalue weighted by atomic mass is 35.5. The van der Waals surface area contributed by atoms with Crippen molar-refractivity contribution in [2.45, 2.75) is 12.8 Å². The lowest BCUT2D eigenvalue weighted by molar-refractivity contribution is 0.249. The highest BCUT2D eigenvalue weighted by Crippen LogP contribution is 2.00. The van der Waals surface area contributed by atoms with Gasteiger partial charge in [0.25, 0.3) is 0 Å². The zero-order chi connectivity index (χ0) is 9.52. The summed E-state index contributed by atoms with van der Waals surface area (Å²) >= 11 is 0. The Hall–Kier alpha value is -1.22. The van der Waals surface area contributed by atoms with Gasteiger partial charge in [0, 0.05) is 6.54 Å². The van der Waals surface area contributed by atoms with Crippen LogP contribution < -0.4 is 11.1 Å². The molecule has 0 aliphatic rings. The first-order chi connectivity index (χ1) is 6.29. The number of urea groups is 1. The lowest BCUT2D eigenvalue weighted by Gasteiger charge is -2.01. The molecule has 0 atom stereocenters. The molecule has 4 heteroatoms. The van der Waals surface area contributed by atoms with Crippen LogP contribution >= 0.6 is 12.4 Å². The monoisotopic (exact) mass is 214 g/mol. The maximum Gasteiger partial charge on any atom is 0.312 e. The quantitative estimate of drug-likeness (QED) is 0.737. The van der Waals surface area contributed by atoms with Gasteiger partial charge in [-0.1, -0.05) is 30.3 Å². The van der Waals surface area contributed by atoms with Crippen LogP contribution in [0.1, 0.15) is 12.0 Å². The molecule has 0 fully saturated rings. The van der Waals surface area contributed by atoms with Crippen molar-refractivity contribution in [1.29, 1.82) is 0 Å². The van der Waals surface area contributed by atoms with Gasteiger partial charge in [0.05, 0.1) is 0 Å². The molecule has 0 bridgehead atoms. The van der Waals surface area contributed by atoms with Crippen LogP contribution in [0.5, 0.6) is 0 Å². The molecule has 78 valence electrons. The van der Waals surface area contributed by atoms with Gasteiger partial charge in [0.1, 0.15) is 0 Å². The molecule has 14 heavy (non-hydrogen) atoms. The Morgan fingerprint density at radius 1 is 1.29 bits per heavy atom. The second-order valence-electron chi connectivity index (χ2n) is 2.88. The van der Waals surface area contributed by atoms with E-state index in [1.165, 1.54) is 5.56 Å². The summed E-state index contributed by atoms with van der Waals surface area (Å²) in [7, 11) is 0. The van der Waals surface area contributed by atoms with E-state index in [9.17, 15) is 4.79 Å². The van der Waals surface area contributed by atoms with Crippen LogP contribution in [-0.4, -0.2) is 12.6 Å². The minimum absolute atomic E-state index is 0. The standard InChI is InChI=1S/C10H14N2O.ClH/c11-10(13)12-8-4-7-9-5-2-1-3-6-9;/h1-3,5-6H,4,7-8H2,(H3,11,12,13);1H. The third kappa shape index (κ3) is 5.43. The molecule has 1 aromatic carbocycles. The normalized spacial score (nSPS) is 8.86. The van der Waals surface area contributed by atoms with Crippen LogP contribution in [0.2, 0.25) is 0 Å². The number of aryl methyl sites for hydroxylation is 1. The van der Waals surface area contributed by atoms with Gasteiger partial charge in [-0.05, 0) is 18.4 Å². The van der Waals surface area contributed by atoms with E-state index >= 15 is 0 Å². The van der Waals surface area contributed by atoms with Crippen molar-refractivity contribution in [3.63, 3.8) is 0 Å². The SMILES string of the molecule is Cl.NC(=O)NCCCc1ccccc1. The lowest BCUT2D eigenvalue weighted by atomic mass is 10.1. The summed E-state index contributed by atoms with van der Waals surface area (Å²) in [5.41, 5.74) is 6.21. The number of rotatable bonds is 4. The van der Waals surface area contributed by atoms with Crippen molar-refractivity contribution in [2.75, 3.05) is 6.54 Å². The molecule has 3 nitrogen and oxygen atoms in total. The average Bonchev–Trinajstić information content (AvgIpc) is 2.14. The van der Waals surface area contributed by atoms with Crippen LogP contribution in [0.15, 0.2) is 30.3 Å². The van der Waals surface area contributed by atoms with Crippen LogP contribution in [-0.2, 0) is 6.42 Å². The van der Waals surface area contributed by atoms with Gasteiger partial charge in [-0.2, -0.15) is 0 Å².